The van der Waals surface area contributed by atoms with Gasteiger partial charge in [0.1, 0.15) is 17.3 Å². The summed E-state index contributed by atoms with van der Waals surface area (Å²) in [6.45, 7) is 0.815. The van der Waals surface area contributed by atoms with Gasteiger partial charge in [-0.25, -0.2) is 0 Å². The molecular weight excluding hydrogens is 687 g/mol. The lowest BCUT2D eigenvalue weighted by molar-refractivity contribution is -0.142. The van der Waals surface area contributed by atoms with Gasteiger partial charge < -0.3 is 25.6 Å². The number of carbonyl (C=O) groups is 4. The van der Waals surface area contributed by atoms with Crippen molar-refractivity contribution in [2.45, 2.75) is 67.5 Å². The summed E-state index contributed by atoms with van der Waals surface area (Å²) in [5, 5.41) is 8.53. The lowest BCUT2D eigenvalue weighted by Crippen LogP contribution is -2.58. The van der Waals surface area contributed by atoms with Crippen LogP contribution in [0.25, 0.3) is 0 Å². The summed E-state index contributed by atoms with van der Waals surface area (Å²) in [6, 6.07) is 30.0. The highest BCUT2D eigenvalue weighted by Gasteiger charge is 2.50. The SMILES string of the molecule is CNC(=O)[C@H](Cc1ccccc1)N1CC[C@](CCc2ccccc2)(NC(=O)[C@H](CCCCNC(=O)c2ccncc2)SCc2ccc(OC)cc2)C1=O. The van der Waals surface area contributed by atoms with Gasteiger partial charge in [-0.05, 0) is 73.1 Å². The van der Waals surface area contributed by atoms with Gasteiger partial charge in [0.15, 0.2) is 0 Å². The van der Waals surface area contributed by atoms with Crippen molar-refractivity contribution in [3.05, 3.63) is 132 Å². The van der Waals surface area contributed by atoms with E-state index in [9.17, 15) is 19.2 Å². The first-order valence-corrected chi connectivity index (χ1v) is 19.2. The molecule has 1 aliphatic heterocycles. The van der Waals surface area contributed by atoms with Gasteiger partial charge in [0.2, 0.25) is 17.7 Å². The number of ether oxygens (including phenoxy) is 1. The third-order valence-corrected chi connectivity index (χ3v) is 11.1. The van der Waals surface area contributed by atoms with Crippen LogP contribution in [0.4, 0.5) is 0 Å². The van der Waals surface area contributed by atoms with Crippen molar-refractivity contribution in [1.29, 1.82) is 0 Å². The van der Waals surface area contributed by atoms with Crippen LogP contribution in [0.5, 0.6) is 5.75 Å². The quantitative estimate of drug-likeness (QED) is 0.111. The minimum atomic E-state index is -1.17. The van der Waals surface area contributed by atoms with E-state index in [-0.39, 0.29) is 23.6 Å². The molecule has 3 aromatic carbocycles. The summed E-state index contributed by atoms with van der Waals surface area (Å²) in [7, 11) is 3.21. The van der Waals surface area contributed by atoms with E-state index < -0.39 is 16.8 Å². The summed E-state index contributed by atoms with van der Waals surface area (Å²) >= 11 is 1.54. The van der Waals surface area contributed by atoms with E-state index >= 15 is 0 Å². The maximum absolute atomic E-state index is 14.6. The fourth-order valence-corrected chi connectivity index (χ4v) is 7.77. The van der Waals surface area contributed by atoms with Gasteiger partial charge in [0, 0.05) is 50.3 Å². The first kappa shape index (κ1) is 39.1. The van der Waals surface area contributed by atoms with Crippen molar-refractivity contribution in [3.63, 3.8) is 0 Å². The zero-order chi connectivity index (χ0) is 37.5. The van der Waals surface area contributed by atoms with Gasteiger partial charge in [0.25, 0.3) is 5.91 Å². The number of thioether (sulfide) groups is 1. The number of aryl methyl sites for hydroxylation is 1. The van der Waals surface area contributed by atoms with E-state index in [0.717, 1.165) is 22.4 Å². The summed E-state index contributed by atoms with van der Waals surface area (Å²) in [5.74, 6) is 0.511. The van der Waals surface area contributed by atoms with Crippen LogP contribution in [0.3, 0.4) is 0 Å². The van der Waals surface area contributed by atoms with Crippen LogP contribution < -0.4 is 20.7 Å². The molecule has 0 saturated carbocycles. The molecule has 3 atom stereocenters. The Morgan fingerprint density at radius 3 is 2.21 bits per heavy atom. The van der Waals surface area contributed by atoms with Crippen LogP contribution >= 0.6 is 11.8 Å². The summed E-state index contributed by atoms with van der Waals surface area (Å²) < 4.78 is 5.32. The Morgan fingerprint density at radius 1 is 0.868 bits per heavy atom. The second-order valence-electron chi connectivity index (χ2n) is 13.3. The number of amides is 4. The molecule has 53 heavy (non-hydrogen) atoms. The van der Waals surface area contributed by atoms with Crippen molar-refractivity contribution in [3.8, 4) is 5.75 Å². The minimum absolute atomic E-state index is 0.164. The van der Waals surface area contributed by atoms with Crippen molar-refractivity contribution in [2.24, 2.45) is 0 Å². The van der Waals surface area contributed by atoms with Gasteiger partial charge >= 0.3 is 0 Å². The zero-order valence-electron chi connectivity index (χ0n) is 30.5. The molecule has 0 unspecified atom stereocenters. The Bertz CT molecular complexity index is 1780. The highest BCUT2D eigenvalue weighted by Crippen LogP contribution is 2.33. The molecule has 2 heterocycles. The fraction of sp³-hybridized carbons (Fsp3) is 0.357. The second-order valence-corrected chi connectivity index (χ2v) is 14.5. The molecule has 1 saturated heterocycles. The lowest BCUT2D eigenvalue weighted by atomic mass is 9.89. The van der Waals surface area contributed by atoms with Crippen molar-refractivity contribution >= 4 is 35.4 Å². The predicted octanol–water partition coefficient (Wildman–Crippen LogP) is 5.37. The fourth-order valence-electron chi connectivity index (χ4n) is 6.64. The summed E-state index contributed by atoms with van der Waals surface area (Å²) in [6.07, 6.45) is 6.85. The lowest BCUT2D eigenvalue weighted by Gasteiger charge is -2.33. The Hall–Kier alpha value is -5.16. The largest absolute Gasteiger partial charge is 0.497 e. The molecule has 0 bridgehead atoms. The van der Waals surface area contributed by atoms with Gasteiger partial charge in [0.05, 0.1) is 12.4 Å². The molecule has 11 heteroatoms. The number of hydrogen-bond donors (Lipinski definition) is 3. The summed E-state index contributed by atoms with van der Waals surface area (Å²) in [4.78, 5) is 60.5. The van der Waals surface area contributed by atoms with E-state index in [1.54, 1.807) is 43.6 Å². The van der Waals surface area contributed by atoms with Crippen LogP contribution in [0.1, 0.15) is 59.2 Å². The molecule has 0 spiro atoms. The predicted molar refractivity (Wildman–Crippen MR) is 208 cm³/mol. The van der Waals surface area contributed by atoms with Crippen molar-refractivity contribution < 1.29 is 23.9 Å². The third kappa shape index (κ3) is 10.9. The normalized spacial score (nSPS) is 16.4. The highest BCUT2D eigenvalue weighted by molar-refractivity contribution is 7.99. The first-order chi connectivity index (χ1) is 25.8. The Kier molecular flexibility index (Phi) is 14.5. The Balaban J connectivity index is 1.33. The van der Waals surface area contributed by atoms with Gasteiger partial charge in [-0.2, -0.15) is 0 Å². The number of benzene rings is 3. The van der Waals surface area contributed by atoms with Crippen LogP contribution in [0, 0.1) is 0 Å². The topological polar surface area (TPSA) is 130 Å². The van der Waals surface area contributed by atoms with Crippen LogP contribution in [-0.2, 0) is 33.0 Å². The molecule has 0 radical (unpaired) electrons. The number of carbonyl (C=O) groups excluding carboxylic acids is 4. The van der Waals surface area contributed by atoms with Gasteiger partial charge in [-0.3, -0.25) is 24.2 Å². The average molecular weight is 736 g/mol. The second kappa shape index (κ2) is 19.6. The maximum Gasteiger partial charge on any atom is 0.251 e. The number of methoxy groups -OCH3 is 1. The number of hydrogen-bond acceptors (Lipinski definition) is 7. The van der Waals surface area contributed by atoms with Crippen molar-refractivity contribution in [1.82, 2.24) is 25.8 Å². The first-order valence-electron chi connectivity index (χ1n) is 18.2. The molecule has 10 nitrogen and oxygen atoms in total. The standard InChI is InChI=1S/C42H49N5O5S/c1-43-39(49)36(29-32-13-7-4-8-14-32)47-28-24-42(41(47)51,23-20-31-11-5-3-6-12-31)46-40(50)37(53-30-33-16-18-35(52-2)19-17-33)15-9-10-25-45-38(48)34-21-26-44-27-22-34/h3-8,11-14,16-19,21-22,26-27,36-37H,9-10,15,20,23-25,28-30H2,1-2H3,(H,43,49)(H,45,48)(H,46,50)/t36-,37-,42-/m0/s1. The number of rotatable bonds is 19. The van der Waals surface area contributed by atoms with Crippen LogP contribution in [0.15, 0.2) is 109 Å². The number of likely N-dealkylation sites (tertiary alicyclic amines) is 1. The number of likely N-dealkylation sites (N-methyl/N-ethyl adjacent to an activating group) is 1. The van der Waals surface area contributed by atoms with Gasteiger partial charge in [-0.1, -0.05) is 79.2 Å². The number of aromatic nitrogens is 1. The van der Waals surface area contributed by atoms with E-state index in [1.807, 2.05) is 84.9 Å². The molecule has 4 aromatic rings. The minimum Gasteiger partial charge on any atom is -0.497 e. The molecule has 278 valence electrons. The molecule has 0 aliphatic carbocycles. The van der Waals surface area contributed by atoms with E-state index in [0.29, 0.717) is 69.4 Å². The Morgan fingerprint density at radius 2 is 1.55 bits per heavy atom. The molecular formula is C42H49N5O5S. The average Bonchev–Trinajstić information content (AvgIpc) is 3.52. The third-order valence-electron chi connectivity index (χ3n) is 9.72. The highest BCUT2D eigenvalue weighted by atomic mass is 32.2. The molecule has 3 N–H and O–H groups in total. The molecule has 1 aliphatic rings. The molecule has 4 amide bonds. The van der Waals surface area contributed by atoms with Crippen LogP contribution in [-0.4, -0.2) is 77.6 Å². The molecule has 1 aromatic heterocycles. The summed E-state index contributed by atoms with van der Waals surface area (Å²) in [5.41, 5.74) is 2.44. The monoisotopic (exact) mass is 735 g/mol. The van der Waals surface area contributed by atoms with Gasteiger partial charge in [-0.15, -0.1) is 11.8 Å². The number of nitrogens with zero attached hydrogens (tertiary/aromatic N) is 2. The number of pyridine rings is 1. The van der Waals surface area contributed by atoms with E-state index in [1.165, 1.54) is 11.8 Å². The van der Waals surface area contributed by atoms with Crippen LogP contribution in [0.2, 0.25) is 0 Å². The number of nitrogens with one attached hydrogen (secondary N) is 3. The zero-order valence-corrected chi connectivity index (χ0v) is 31.3. The smallest absolute Gasteiger partial charge is 0.251 e. The molecule has 5 rings (SSSR count). The van der Waals surface area contributed by atoms with E-state index in [2.05, 4.69) is 20.9 Å². The molecule has 1 fully saturated rings. The maximum atomic E-state index is 14.6. The Labute approximate surface area is 316 Å². The van der Waals surface area contributed by atoms with Crippen molar-refractivity contribution in [2.75, 3.05) is 27.2 Å². The number of unbranched alkanes of at least 4 members (excludes halogenated alkanes) is 1. The van der Waals surface area contributed by atoms with E-state index in [4.69, 9.17) is 4.74 Å².